The minimum Gasteiger partial charge on any atom is -0.392 e. The molecule has 0 aliphatic carbocycles. The molecule has 0 spiro atoms. The molecule has 3 N–H and O–H groups in total. The molecule has 0 heterocycles. The molecular formula is C8H18N2O2. The van der Waals surface area contributed by atoms with Gasteiger partial charge in [-0.05, 0) is 20.8 Å². The van der Waals surface area contributed by atoms with Gasteiger partial charge in [-0.15, -0.1) is 0 Å². The number of aliphatic hydroxyl groups excluding tert-OH is 1. The van der Waals surface area contributed by atoms with Crippen LogP contribution < -0.4 is 10.6 Å². The number of carbonyl (C=O) groups is 1. The maximum atomic E-state index is 10.8. The van der Waals surface area contributed by atoms with Gasteiger partial charge in [0.25, 0.3) is 0 Å². The third kappa shape index (κ3) is 3.69. The number of likely N-dealkylation sites (N-methyl/N-ethyl adjacent to an activating group) is 1. The summed E-state index contributed by atoms with van der Waals surface area (Å²) in [5.41, 5.74) is -0.424. The monoisotopic (exact) mass is 174 g/mol. The molecule has 0 aliphatic rings. The van der Waals surface area contributed by atoms with Crippen LogP contribution in [0.1, 0.15) is 20.8 Å². The van der Waals surface area contributed by atoms with Crippen molar-refractivity contribution in [2.75, 3.05) is 13.6 Å². The summed E-state index contributed by atoms with van der Waals surface area (Å²) in [5.74, 6) is -0.0799. The zero-order valence-electron chi connectivity index (χ0n) is 8.14. The topological polar surface area (TPSA) is 61.4 Å². The van der Waals surface area contributed by atoms with Gasteiger partial charge in [0, 0.05) is 12.6 Å². The summed E-state index contributed by atoms with van der Waals surface area (Å²) in [6, 6.07) is 0. The van der Waals surface area contributed by atoms with Gasteiger partial charge in [-0.3, -0.25) is 4.79 Å². The van der Waals surface area contributed by atoms with E-state index in [1.807, 2.05) is 13.8 Å². The maximum Gasteiger partial charge on any atom is 0.233 e. The van der Waals surface area contributed by atoms with Gasteiger partial charge >= 0.3 is 0 Å². The number of rotatable bonds is 4. The Morgan fingerprint density at radius 2 is 2.08 bits per heavy atom. The zero-order valence-corrected chi connectivity index (χ0v) is 8.14. The van der Waals surface area contributed by atoms with Gasteiger partial charge in [0.05, 0.1) is 12.6 Å². The molecule has 0 rings (SSSR count). The Morgan fingerprint density at radius 3 is 2.42 bits per heavy atom. The van der Waals surface area contributed by atoms with Gasteiger partial charge in [-0.2, -0.15) is 0 Å². The Balaban J connectivity index is 3.83. The van der Waals surface area contributed by atoms with Crippen LogP contribution in [0.15, 0.2) is 0 Å². The van der Waals surface area contributed by atoms with Crippen LogP contribution in [0.3, 0.4) is 0 Å². The molecule has 0 aromatic rings. The van der Waals surface area contributed by atoms with Gasteiger partial charge in [0.15, 0.2) is 0 Å². The Bertz CT molecular complexity index is 155. The first-order valence-corrected chi connectivity index (χ1v) is 4.04. The van der Waals surface area contributed by atoms with E-state index in [1.165, 1.54) is 0 Å². The van der Waals surface area contributed by atoms with Gasteiger partial charge < -0.3 is 15.7 Å². The second-order valence-electron chi connectivity index (χ2n) is 3.42. The van der Waals surface area contributed by atoms with Crippen LogP contribution in [0.4, 0.5) is 0 Å². The average Bonchev–Trinajstić information content (AvgIpc) is 2.00. The molecule has 72 valence electrons. The first-order valence-electron chi connectivity index (χ1n) is 4.04. The van der Waals surface area contributed by atoms with Gasteiger partial charge in [-0.25, -0.2) is 0 Å². The minimum atomic E-state index is -0.484. The van der Waals surface area contributed by atoms with E-state index in [0.29, 0.717) is 0 Å². The summed E-state index contributed by atoms with van der Waals surface area (Å²) in [6.45, 7) is 5.62. The van der Waals surface area contributed by atoms with Crippen LogP contribution in [0.5, 0.6) is 0 Å². The van der Waals surface area contributed by atoms with Crippen molar-refractivity contribution in [3.05, 3.63) is 0 Å². The van der Waals surface area contributed by atoms with E-state index in [0.717, 1.165) is 0 Å². The second kappa shape index (κ2) is 4.42. The van der Waals surface area contributed by atoms with E-state index in [2.05, 4.69) is 10.6 Å². The number of amides is 1. The van der Waals surface area contributed by atoms with Gasteiger partial charge in [0.1, 0.15) is 0 Å². The van der Waals surface area contributed by atoms with Crippen molar-refractivity contribution in [3.63, 3.8) is 0 Å². The summed E-state index contributed by atoms with van der Waals surface area (Å²) in [7, 11) is 1.58. The molecule has 0 radical (unpaired) electrons. The predicted octanol–water partition coefficient (Wildman–Crippen LogP) is -0.519. The third-order valence-electron chi connectivity index (χ3n) is 2.03. The molecule has 0 saturated carbocycles. The first-order chi connectivity index (χ1) is 5.40. The molecule has 0 saturated heterocycles. The number of hydrogen-bond acceptors (Lipinski definition) is 3. The van der Waals surface area contributed by atoms with Crippen LogP contribution in [0, 0.1) is 0 Å². The number of carbonyl (C=O) groups excluding carboxylic acids is 1. The lowest BCUT2D eigenvalue weighted by Gasteiger charge is -2.28. The van der Waals surface area contributed by atoms with Crippen molar-refractivity contribution in [2.45, 2.75) is 32.4 Å². The highest BCUT2D eigenvalue weighted by molar-refractivity contribution is 5.77. The van der Waals surface area contributed by atoms with Crippen LogP contribution in [-0.4, -0.2) is 36.2 Å². The fourth-order valence-electron chi connectivity index (χ4n) is 0.544. The SMILES string of the molecule is CNC(=O)CNC(C)(C)C(C)O. The largest absolute Gasteiger partial charge is 0.392 e. The summed E-state index contributed by atoms with van der Waals surface area (Å²) in [5, 5.41) is 14.7. The highest BCUT2D eigenvalue weighted by Gasteiger charge is 2.23. The van der Waals surface area contributed by atoms with Crippen molar-refractivity contribution in [1.82, 2.24) is 10.6 Å². The minimum absolute atomic E-state index is 0.0799. The van der Waals surface area contributed by atoms with Gasteiger partial charge in [-0.1, -0.05) is 0 Å². The molecule has 4 heteroatoms. The Morgan fingerprint density at radius 1 is 1.58 bits per heavy atom. The summed E-state index contributed by atoms with van der Waals surface area (Å²) in [6.07, 6.45) is -0.484. The van der Waals surface area contributed by atoms with Crippen molar-refractivity contribution in [1.29, 1.82) is 0 Å². The molecule has 0 aromatic carbocycles. The second-order valence-corrected chi connectivity index (χ2v) is 3.42. The van der Waals surface area contributed by atoms with Crippen molar-refractivity contribution in [3.8, 4) is 0 Å². The smallest absolute Gasteiger partial charge is 0.233 e. The molecule has 0 fully saturated rings. The lowest BCUT2D eigenvalue weighted by Crippen LogP contribution is -2.51. The van der Waals surface area contributed by atoms with Crippen LogP contribution in [-0.2, 0) is 4.79 Å². The Labute approximate surface area is 73.3 Å². The molecule has 1 unspecified atom stereocenters. The number of hydrogen-bond donors (Lipinski definition) is 3. The van der Waals surface area contributed by atoms with E-state index in [-0.39, 0.29) is 12.5 Å². The lowest BCUT2D eigenvalue weighted by molar-refractivity contribution is -0.120. The molecule has 1 amide bonds. The average molecular weight is 174 g/mol. The normalized spacial score (nSPS) is 14.1. The van der Waals surface area contributed by atoms with E-state index in [1.54, 1.807) is 14.0 Å². The molecule has 12 heavy (non-hydrogen) atoms. The zero-order chi connectivity index (χ0) is 9.78. The molecule has 4 nitrogen and oxygen atoms in total. The van der Waals surface area contributed by atoms with Crippen molar-refractivity contribution < 1.29 is 9.90 Å². The maximum absolute atomic E-state index is 10.8. The van der Waals surface area contributed by atoms with Crippen LogP contribution in [0.2, 0.25) is 0 Å². The van der Waals surface area contributed by atoms with E-state index in [9.17, 15) is 9.90 Å². The summed E-state index contributed by atoms with van der Waals surface area (Å²) < 4.78 is 0. The fraction of sp³-hybridized carbons (Fsp3) is 0.875. The van der Waals surface area contributed by atoms with E-state index < -0.39 is 11.6 Å². The molecule has 1 atom stereocenters. The molecular weight excluding hydrogens is 156 g/mol. The van der Waals surface area contributed by atoms with Gasteiger partial charge in [0.2, 0.25) is 5.91 Å². The van der Waals surface area contributed by atoms with Crippen molar-refractivity contribution in [2.24, 2.45) is 0 Å². The molecule has 0 aliphatic heterocycles. The molecule has 0 aromatic heterocycles. The van der Waals surface area contributed by atoms with E-state index in [4.69, 9.17) is 0 Å². The lowest BCUT2D eigenvalue weighted by atomic mass is 9.99. The Kier molecular flexibility index (Phi) is 4.20. The predicted molar refractivity (Wildman–Crippen MR) is 47.8 cm³/mol. The number of nitrogens with one attached hydrogen (secondary N) is 2. The standard InChI is InChI=1S/C8H18N2O2/c1-6(11)8(2,3)10-5-7(12)9-4/h6,10-11H,5H2,1-4H3,(H,9,12). The highest BCUT2D eigenvalue weighted by Crippen LogP contribution is 2.06. The van der Waals surface area contributed by atoms with E-state index >= 15 is 0 Å². The van der Waals surface area contributed by atoms with Crippen molar-refractivity contribution >= 4 is 5.91 Å². The number of aliphatic hydroxyl groups is 1. The summed E-state index contributed by atoms with van der Waals surface area (Å²) >= 11 is 0. The first kappa shape index (κ1) is 11.4. The summed E-state index contributed by atoms with van der Waals surface area (Å²) in [4.78, 5) is 10.8. The van der Waals surface area contributed by atoms with Crippen LogP contribution in [0.25, 0.3) is 0 Å². The molecule has 0 bridgehead atoms. The Hall–Kier alpha value is -0.610. The quantitative estimate of drug-likeness (QED) is 0.537. The fourth-order valence-corrected chi connectivity index (χ4v) is 0.544. The third-order valence-corrected chi connectivity index (χ3v) is 2.03. The van der Waals surface area contributed by atoms with Crippen LogP contribution >= 0.6 is 0 Å². The highest BCUT2D eigenvalue weighted by atomic mass is 16.3.